The van der Waals surface area contributed by atoms with Gasteiger partial charge in [-0.2, -0.15) is 0 Å². The number of halogens is 1. The first kappa shape index (κ1) is 10.5. The Kier molecular flexibility index (Phi) is 3.70. The molecule has 0 aliphatic heterocycles. The number of rotatable bonds is 3. The zero-order chi connectivity index (χ0) is 9.84. The zero-order valence-corrected chi connectivity index (χ0v) is 9.34. The fraction of sp³-hybridized carbons (Fsp3) is 0.273. The lowest BCUT2D eigenvalue weighted by molar-refractivity contribution is 0.717. The second kappa shape index (κ2) is 4.58. The summed E-state index contributed by atoms with van der Waals surface area (Å²) in [5, 5.41) is 0. The van der Waals surface area contributed by atoms with Crippen molar-refractivity contribution in [3.8, 4) is 0 Å². The van der Waals surface area contributed by atoms with Crippen molar-refractivity contribution in [3.63, 3.8) is 0 Å². The highest BCUT2D eigenvalue weighted by molar-refractivity contribution is 9.10. The fourth-order valence-electron chi connectivity index (χ4n) is 1.23. The van der Waals surface area contributed by atoms with Crippen LogP contribution in [-0.2, 0) is 0 Å². The Morgan fingerprint density at radius 1 is 1.62 bits per heavy atom. The minimum Gasteiger partial charge on any atom is -0.324 e. The summed E-state index contributed by atoms with van der Waals surface area (Å²) in [5.41, 5.74) is 8.25. The molecule has 1 aromatic rings. The number of nitrogens with two attached hydrogens (primary N) is 1. The maximum Gasteiger partial charge on any atom is 0.0332 e. The van der Waals surface area contributed by atoms with Crippen LogP contribution in [0.15, 0.2) is 40.9 Å². The Bertz CT molecular complexity index is 307. The Labute approximate surface area is 87.8 Å². The summed E-state index contributed by atoms with van der Waals surface area (Å²) in [7, 11) is 0. The van der Waals surface area contributed by atoms with Gasteiger partial charge in [-0.1, -0.05) is 33.6 Å². The van der Waals surface area contributed by atoms with Gasteiger partial charge < -0.3 is 5.73 Å². The van der Waals surface area contributed by atoms with Gasteiger partial charge in [0.05, 0.1) is 0 Å². The lowest BCUT2D eigenvalue weighted by atomic mass is 10.0. The third-order valence-corrected chi connectivity index (χ3v) is 2.34. The van der Waals surface area contributed by atoms with Crippen molar-refractivity contribution in [2.75, 3.05) is 0 Å². The second-order valence-electron chi connectivity index (χ2n) is 3.32. The molecule has 1 rings (SSSR count). The normalized spacial score (nSPS) is 12.5. The van der Waals surface area contributed by atoms with Gasteiger partial charge in [0.1, 0.15) is 0 Å². The van der Waals surface area contributed by atoms with E-state index in [-0.39, 0.29) is 6.04 Å². The van der Waals surface area contributed by atoms with Crippen LogP contribution in [0.2, 0.25) is 0 Å². The summed E-state index contributed by atoms with van der Waals surface area (Å²) in [6.07, 6.45) is 0.844. The summed E-state index contributed by atoms with van der Waals surface area (Å²) in [6.45, 7) is 5.85. The van der Waals surface area contributed by atoms with Crippen molar-refractivity contribution in [1.29, 1.82) is 0 Å². The quantitative estimate of drug-likeness (QED) is 0.805. The molecule has 2 heteroatoms. The average Bonchev–Trinajstić information content (AvgIpc) is 2.03. The van der Waals surface area contributed by atoms with Gasteiger partial charge >= 0.3 is 0 Å². The molecule has 0 unspecified atom stereocenters. The van der Waals surface area contributed by atoms with E-state index in [1.807, 2.05) is 31.2 Å². The smallest absolute Gasteiger partial charge is 0.0332 e. The van der Waals surface area contributed by atoms with E-state index in [2.05, 4.69) is 22.5 Å². The summed E-state index contributed by atoms with van der Waals surface area (Å²) in [6, 6.07) is 8.15. The molecule has 1 atom stereocenters. The van der Waals surface area contributed by atoms with E-state index in [9.17, 15) is 0 Å². The maximum atomic E-state index is 5.98. The van der Waals surface area contributed by atoms with Crippen molar-refractivity contribution in [2.24, 2.45) is 5.73 Å². The van der Waals surface area contributed by atoms with E-state index in [4.69, 9.17) is 5.73 Å². The van der Waals surface area contributed by atoms with Crippen molar-refractivity contribution >= 4 is 15.9 Å². The third kappa shape index (κ3) is 3.33. The standard InChI is InChI=1S/C11H14BrN/c1-8(2)6-11(13)9-4-3-5-10(12)7-9/h3-5,7,11H,1,6,13H2,2H3/t11-/m0/s1. The predicted octanol–water partition coefficient (Wildman–Crippen LogP) is 3.42. The lowest BCUT2D eigenvalue weighted by Crippen LogP contribution is -2.10. The molecule has 0 spiro atoms. The topological polar surface area (TPSA) is 26.0 Å². The van der Waals surface area contributed by atoms with Crippen molar-refractivity contribution < 1.29 is 0 Å². The van der Waals surface area contributed by atoms with Gasteiger partial charge in [-0.25, -0.2) is 0 Å². The largest absolute Gasteiger partial charge is 0.324 e. The van der Waals surface area contributed by atoms with Crippen molar-refractivity contribution in [1.82, 2.24) is 0 Å². The van der Waals surface area contributed by atoms with Crippen LogP contribution >= 0.6 is 15.9 Å². The molecule has 1 nitrogen and oxygen atoms in total. The zero-order valence-electron chi connectivity index (χ0n) is 7.76. The maximum absolute atomic E-state index is 5.98. The van der Waals surface area contributed by atoms with Crippen LogP contribution < -0.4 is 5.73 Å². The molecule has 0 aliphatic carbocycles. The SMILES string of the molecule is C=C(C)C[C@H](N)c1cccc(Br)c1. The number of hydrogen-bond acceptors (Lipinski definition) is 1. The molecule has 0 fully saturated rings. The van der Waals surface area contributed by atoms with E-state index in [1.165, 1.54) is 0 Å². The molecule has 0 aromatic heterocycles. The molecule has 0 bridgehead atoms. The molecular weight excluding hydrogens is 226 g/mol. The summed E-state index contributed by atoms with van der Waals surface area (Å²) >= 11 is 3.42. The number of hydrogen-bond donors (Lipinski definition) is 1. The van der Waals surface area contributed by atoms with Crippen LogP contribution in [0.4, 0.5) is 0 Å². The van der Waals surface area contributed by atoms with Crippen LogP contribution in [0.5, 0.6) is 0 Å². The van der Waals surface area contributed by atoms with E-state index in [0.29, 0.717) is 0 Å². The van der Waals surface area contributed by atoms with Crippen LogP contribution in [0.25, 0.3) is 0 Å². The summed E-state index contributed by atoms with van der Waals surface area (Å²) in [4.78, 5) is 0. The van der Waals surface area contributed by atoms with Gasteiger partial charge in [0.2, 0.25) is 0 Å². The Morgan fingerprint density at radius 2 is 2.31 bits per heavy atom. The molecule has 70 valence electrons. The molecule has 0 saturated heterocycles. The van der Waals surface area contributed by atoms with E-state index < -0.39 is 0 Å². The van der Waals surface area contributed by atoms with Crippen LogP contribution in [0.3, 0.4) is 0 Å². The van der Waals surface area contributed by atoms with E-state index in [0.717, 1.165) is 22.0 Å². The van der Waals surface area contributed by atoms with Crippen LogP contribution in [-0.4, -0.2) is 0 Å². The van der Waals surface area contributed by atoms with Gasteiger partial charge in [-0.15, -0.1) is 6.58 Å². The van der Waals surface area contributed by atoms with Gasteiger partial charge in [0.15, 0.2) is 0 Å². The molecule has 0 heterocycles. The highest BCUT2D eigenvalue weighted by Crippen LogP contribution is 2.20. The average molecular weight is 240 g/mol. The Morgan fingerprint density at radius 3 is 2.85 bits per heavy atom. The van der Waals surface area contributed by atoms with Crippen molar-refractivity contribution in [2.45, 2.75) is 19.4 Å². The molecule has 0 aliphatic rings. The first-order chi connectivity index (χ1) is 6.09. The Hall–Kier alpha value is -0.600. The first-order valence-corrected chi connectivity index (χ1v) is 5.04. The molecule has 1 aromatic carbocycles. The Balaban J connectivity index is 2.76. The number of benzene rings is 1. The summed E-state index contributed by atoms with van der Waals surface area (Å²) in [5.74, 6) is 0. The van der Waals surface area contributed by atoms with Gasteiger partial charge in [-0.3, -0.25) is 0 Å². The van der Waals surface area contributed by atoms with Gasteiger partial charge in [-0.05, 0) is 31.0 Å². The van der Waals surface area contributed by atoms with E-state index >= 15 is 0 Å². The summed E-state index contributed by atoms with van der Waals surface area (Å²) < 4.78 is 1.07. The fourth-order valence-corrected chi connectivity index (χ4v) is 1.65. The third-order valence-electron chi connectivity index (χ3n) is 1.85. The monoisotopic (exact) mass is 239 g/mol. The predicted molar refractivity (Wildman–Crippen MR) is 60.5 cm³/mol. The first-order valence-electron chi connectivity index (χ1n) is 4.25. The van der Waals surface area contributed by atoms with Crippen LogP contribution in [0, 0.1) is 0 Å². The molecular formula is C11H14BrN. The highest BCUT2D eigenvalue weighted by atomic mass is 79.9. The minimum atomic E-state index is 0.0648. The van der Waals surface area contributed by atoms with Crippen LogP contribution in [0.1, 0.15) is 24.9 Å². The van der Waals surface area contributed by atoms with Gasteiger partial charge in [0, 0.05) is 10.5 Å². The van der Waals surface area contributed by atoms with Crippen molar-refractivity contribution in [3.05, 3.63) is 46.5 Å². The highest BCUT2D eigenvalue weighted by Gasteiger charge is 2.05. The van der Waals surface area contributed by atoms with Gasteiger partial charge in [0.25, 0.3) is 0 Å². The molecule has 0 saturated carbocycles. The lowest BCUT2D eigenvalue weighted by Gasteiger charge is -2.11. The molecule has 0 amide bonds. The molecule has 0 radical (unpaired) electrons. The second-order valence-corrected chi connectivity index (χ2v) is 4.24. The minimum absolute atomic E-state index is 0.0648. The molecule has 2 N–H and O–H groups in total. The van der Waals surface area contributed by atoms with E-state index in [1.54, 1.807) is 0 Å². The molecule has 13 heavy (non-hydrogen) atoms.